The first kappa shape index (κ1) is 17.5. The largest absolute Gasteiger partial charge is 0.370 e. The van der Waals surface area contributed by atoms with Crippen molar-refractivity contribution in [3.63, 3.8) is 0 Å². The molecule has 132 valence electrons. The van der Waals surface area contributed by atoms with E-state index in [1.807, 2.05) is 47.5 Å². The number of hydrogen-bond donors (Lipinski definition) is 1. The molecule has 1 fully saturated rings. The Kier molecular flexibility index (Phi) is 6.04. The molecule has 2 heterocycles. The van der Waals surface area contributed by atoms with E-state index >= 15 is 0 Å². The van der Waals surface area contributed by atoms with Crippen molar-refractivity contribution in [2.75, 3.05) is 18.4 Å². The number of rotatable bonds is 6. The summed E-state index contributed by atoms with van der Waals surface area (Å²) in [6, 6.07) is 13.8. The Morgan fingerprint density at radius 2 is 2.04 bits per heavy atom. The number of piperidine rings is 1. The number of nitrogens with one attached hydrogen (secondary N) is 1. The molecule has 2 aromatic rings. The number of carbonyl (C=O) groups excluding carboxylic acids is 1. The van der Waals surface area contributed by atoms with Gasteiger partial charge >= 0.3 is 0 Å². The van der Waals surface area contributed by atoms with Crippen molar-refractivity contribution in [3.8, 4) is 0 Å². The lowest BCUT2D eigenvalue weighted by atomic mass is 9.95. The second-order valence-corrected chi connectivity index (χ2v) is 6.63. The lowest BCUT2D eigenvalue weighted by molar-refractivity contribution is 0.0611. The smallest absolute Gasteiger partial charge is 0.254 e. The number of amides is 1. The molecule has 0 spiro atoms. The number of carbonyl (C=O) groups is 1. The van der Waals surface area contributed by atoms with Crippen molar-refractivity contribution in [2.24, 2.45) is 0 Å². The maximum atomic E-state index is 12.9. The summed E-state index contributed by atoms with van der Waals surface area (Å²) in [7, 11) is 0. The van der Waals surface area contributed by atoms with Gasteiger partial charge < -0.3 is 10.2 Å². The standard InChI is InChI=1S/C21H27N3O/c1-2-3-14-22-20-13-12-18(16-23-20)19-11-7-8-15-24(19)21(25)17-9-5-4-6-10-17/h4-6,9-10,12-13,16,19H,2-3,7-8,11,14-15H2,1H3,(H,22,23). The third-order valence-electron chi connectivity index (χ3n) is 4.79. The van der Waals surface area contributed by atoms with Crippen molar-refractivity contribution in [1.82, 2.24) is 9.88 Å². The molecule has 1 unspecified atom stereocenters. The number of nitrogens with zero attached hydrogens (tertiary/aromatic N) is 2. The Morgan fingerprint density at radius 3 is 2.76 bits per heavy atom. The first-order valence-electron chi connectivity index (χ1n) is 9.35. The van der Waals surface area contributed by atoms with E-state index in [4.69, 9.17) is 0 Å². The lowest BCUT2D eigenvalue weighted by Crippen LogP contribution is -2.38. The number of aromatic nitrogens is 1. The molecule has 1 N–H and O–H groups in total. The molecule has 0 aliphatic carbocycles. The number of likely N-dealkylation sites (tertiary alicyclic amines) is 1. The number of pyridine rings is 1. The van der Waals surface area contributed by atoms with Crippen LogP contribution in [0.5, 0.6) is 0 Å². The third kappa shape index (κ3) is 4.38. The van der Waals surface area contributed by atoms with E-state index in [1.54, 1.807) is 0 Å². The van der Waals surface area contributed by atoms with Gasteiger partial charge in [-0.15, -0.1) is 0 Å². The van der Waals surface area contributed by atoms with Gasteiger partial charge in [-0.05, 0) is 49.4 Å². The molecule has 1 atom stereocenters. The zero-order chi connectivity index (χ0) is 17.5. The highest BCUT2D eigenvalue weighted by Crippen LogP contribution is 2.32. The van der Waals surface area contributed by atoms with Crippen molar-refractivity contribution < 1.29 is 4.79 Å². The highest BCUT2D eigenvalue weighted by atomic mass is 16.2. The van der Waals surface area contributed by atoms with Gasteiger partial charge in [-0.25, -0.2) is 4.98 Å². The summed E-state index contributed by atoms with van der Waals surface area (Å²) in [5, 5.41) is 3.34. The van der Waals surface area contributed by atoms with Crippen LogP contribution in [0.25, 0.3) is 0 Å². The van der Waals surface area contributed by atoms with Gasteiger partial charge in [0, 0.05) is 24.8 Å². The fourth-order valence-electron chi connectivity index (χ4n) is 3.37. The number of unbranched alkanes of at least 4 members (excludes halogenated alkanes) is 1. The van der Waals surface area contributed by atoms with Gasteiger partial charge in [0.15, 0.2) is 0 Å². The van der Waals surface area contributed by atoms with Crippen LogP contribution in [0.15, 0.2) is 48.7 Å². The summed E-state index contributed by atoms with van der Waals surface area (Å²) < 4.78 is 0. The van der Waals surface area contributed by atoms with Crippen LogP contribution in [0, 0.1) is 0 Å². The Bertz CT molecular complexity index is 669. The summed E-state index contributed by atoms with van der Waals surface area (Å²) in [5.74, 6) is 1.03. The van der Waals surface area contributed by atoms with Crippen LogP contribution in [-0.2, 0) is 0 Å². The molecule has 4 nitrogen and oxygen atoms in total. The summed E-state index contributed by atoms with van der Waals surface area (Å²) in [6.07, 6.45) is 7.46. The van der Waals surface area contributed by atoms with Crippen LogP contribution in [0.2, 0.25) is 0 Å². The number of benzene rings is 1. The molecule has 4 heteroatoms. The Labute approximate surface area is 150 Å². The summed E-state index contributed by atoms with van der Waals surface area (Å²) >= 11 is 0. The molecule has 1 saturated heterocycles. The van der Waals surface area contributed by atoms with Crippen molar-refractivity contribution in [3.05, 3.63) is 59.8 Å². The second-order valence-electron chi connectivity index (χ2n) is 6.63. The zero-order valence-corrected chi connectivity index (χ0v) is 14.9. The van der Waals surface area contributed by atoms with Crippen molar-refractivity contribution in [2.45, 2.75) is 45.1 Å². The van der Waals surface area contributed by atoms with E-state index in [1.165, 1.54) is 6.42 Å². The minimum absolute atomic E-state index is 0.121. The molecular formula is C21H27N3O. The van der Waals surface area contributed by atoms with Gasteiger partial charge in [0.1, 0.15) is 5.82 Å². The monoisotopic (exact) mass is 337 g/mol. The van der Waals surface area contributed by atoms with Gasteiger partial charge in [0.2, 0.25) is 0 Å². The van der Waals surface area contributed by atoms with Crippen LogP contribution in [0.4, 0.5) is 5.82 Å². The maximum Gasteiger partial charge on any atom is 0.254 e. The molecule has 1 aliphatic rings. The topological polar surface area (TPSA) is 45.2 Å². The van der Waals surface area contributed by atoms with Crippen molar-refractivity contribution in [1.29, 1.82) is 0 Å². The van der Waals surface area contributed by atoms with E-state index < -0.39 is 0 Å². The van der Waals surface area contributed by atoms with Crippen LogP contribution < -0.4 is 5.32 Å². The van der Waals surface area contributed by atoms with E-state index in [0.29, 0.717) is 0 Å². The first-order valence-corrected chi connectivity index (χ1v) is 9.35. The Hall–Kier alpha value is -2.36. The van der Waals surface area contributed by atoms with Gasteiger partial charge in [-0.1, -0.05) is 37.6 Å². The Balaban J connectivity index is 1.73. The van der Waals surface area contributed by atoms with Crippen molar-refractivity contribution >= 4 is 11.7 Å². The van der Waals surface area contributed by atoms with Gasteiger partial charge in [-0.3, -0.25) is 4.79 Å². The average Bonchev–Trinajstić information content (AvgIpc) is 2.69. The molecule has 25 heavy (non-hydrogen) atoms. The molecule has 1 aromatic carbocycles. The average molecular weight is 337 g/mol. The molecule has 1 aliphatic heterocycles. The molecule has 1 aromatic heterocycles. The quantitative estimate of drug-likeness (QED) is 0.780. The molecule has 0 bridgehead atoms. The fraction of sp³-hybridized carbons (Fsp3) is 0.429. The molecule has 0 radical (unpaired) electrons. The minimum atomic E-state index is 0.121. The van der Waals surface area contributed by atoms with Crippen LogP contribution in [0.3, 0.4) is 0 Å². The van der Waals surface area contributed by atoms with E-state index in [2.05, 4.69) is 23.3 Å². The SMILES string of the molecule is CCCCNc1ccc(C2CCCCN2C(=O)c2ccccc2)cn1. The lowest BCUT2D eigenvalue weighted by Gasteiger charge is -2.36. The predicted molar refractivity (Wildman–Crippen MR) is 102 cm³/mol. The molecular weight excluding hydrogens is 310 g/mol. The predicted octanol–water partition coefficient (Wildman–Crippen LogP) is 4.66. The maximum absolute atomic E-state index is 12.9. The van der Waals surface area contributed by atoms with Gasteiger partial charge in [0.05, 0.1) is 6.04 Å². The minimum Gasteiger partial charge on any atom is -0.370 e. The fourth-order valence-corrected chi connectivity index (χ4v) is 3.37. The van der Waals surface area contributed by atoms with Crippen LogP contribution in [0.1, 0.15) is 61.0 Å². The Morgan fingerprint density at radius 1 is 1.20 bits per heavy atom. The third-order valence-corrected chi connectivity index (χ3v) is 4.79. The van der Waals surface area contributed by atoms with Gasteiger partial charge in [-0.2, -0.15) is 0 Å². The highest BCUT2D eigenvalue weighted by molar-refractivity contribution is 5.94. The van der Waals surface area contributed by atoms with Gasteiger partial charge in [0.25, 0.3) is 5.91 Å². The summed E-state index contributed by atoms with van der Waals surface area (Å²) in [6.45, 7) is 3.94. The molecule has 3 rings (SSSR count). The van der Waals surface area contributed by atoms with E-state index in [9.17, 15) is 4.79 Å². The van der Waals surface area contributed by atoms with Crippen LogP contribution in [-0.4, -0.2) is 28.9 Å². The summed E-state index contributed by atoms with van der Waals surface area (Å²) in [5.41, 5.74) is 1.89. The van der Waals surface area contributed by atoms with E-state index in [-0.39, 0.29) is 11.9 Å². The molecule has 0 saturated carbocycles. The normalized spacial score (nSPS) is 17.3. The first-order chi connectivity index (χ1) is 12.3. The number of anilines is 1. The summed E-state index contributed by atoms with van der Waals surface area (Å²) in [4.78, 5) is 19.5. The highest BCUT2D eigenvalue weighted by Gasteiger charge is 2.28. The molecule has 1 amide bonds. The second kappa shape index (κ2) is 8.65. The van der Waals surface area contributed by atoms with E-state index in [0.717, 1.165) is 55.7 Å². The van der Waals surface area contributed by atoms with Crippen LogP contribution >= 0.6 is 0 Å². The number of hydrogen-bond acceptors (Lipinski definition) is 3. The zero-order valence-electron chi connectivity index (χ0n) is 14.9.